The Morgan fingerprint density at radius 3 is 2.47 bits per heavy atom. The zero-order valence-corrected chi connectivity index (χ0v) is 16.8. The highest BCUT2D eigenvalue weighted by molar-refractivity contribution is 7.89. The molecule has 0 bridgehead atoms. The molecule has 1 saturated heterocycles. The standard InChI is InChI=1S/C20H21N3O6S/c24-14-16(13-15-5-2-1-3-6-15)21-20(25)19-7-4-12-22(19)30(28,29)18-10-8-17(9-11-18)23(26)27/h1-3,5-6,8-11,14,16,19H,4,7,12-13H2,(H,21,25)/t16-,19-/m1/s1. The number of nitro groups is 1. The smallest absolute Gasteiger partial charge is 0.269 e. The van der Waals surface area contributed by atoms with Crippen LogP contribution in [0.2, 0.25) is 0 Å². The largest absolute Gasteiger partial charge is 0.345 e. The lowest BCUT2D eigenvalue weighted by Crippen LogP contribution is -2.49. The quantitative estimate of drug-likeness (QED) is 0.385. The molecule has 30 heavy (non-hydrogen) atoms. The summed E-state index contributed by atoms with van der Waals surface area (Å²) >= 11 is 0. The molecule has 0 aromatic heterocycles. The summed E-state index contributed by atoms with van der Waals surface area (Å²) in [5, 5.41) is 13.4. The molecule has 0 unspecified atom stereocenters. The Kier molecular flexibility index (Phi) is 6.58. The SMILES string of the molecule is O=C[C@@H](Cc1ccccc1)NC(=O)[C@H]1CCCN1S(=O)(=O)c1ccc([N+](=O)[O-])cc1. The number of nitrogens with zero attached hydrogens (tertiary/aromatic N) is 2. The van der Waals surface area contributed by atoms with Gasteiger partial charge in [-0.3, -0.25) is 14.9 Å². The van der Waals surface area contributed by atoms with E-state index in [9.17, 15) is 28.1 Å². The van der Waals surface area contributed by atoms with Crippen molar-refractivity contribution in [1.82, 2.24) is 9.62 Å². The molecule has 2 aromatic carbocycles. The maximum atomic E-state index is 13.0. The Balaban J connectivity index is 1.74. The zero-order valence-electron chi connectivity index (χ0n) is 16.0. The third-order valence-corrected chi connectivity index (χ3v) is 6.87. The second-order valence-electron chi connectivity index (χ2n) is 6.97. The van der Waals surface area contributed by atoms with Crippen LogP contribution in [0, 0.1) is 10.1 Å². The van der Waals surface area contributed by atoms with E-state index in [4.69, 9.17) is 0 Å². The topological polar surface area (TPSA) is 127 Å². The third kappa shape index (κ3) is 4.71. The first-order valence-corrected chi connectivity index (χ1v) is 10.8. The Morgan fingerprint density at radius 2 is 1.87 bits per heavy atom. The monoisotopic (exact) mass is 431 g/mol. The van der Waals surface area contributed by atoms with Gasteiger partial charge in [0, 0.05) is 18.7 Å². The first kappa shape index (κ1) is 21.6. The Hall–Kier alpha value is -3.11. The van der Waals surface area contributed by atoms with E-state index in [1.54, 1.807) is 0 Å². The van der Waals surface area contributed by atoms with Crippen LogP contribution in [0.5, 0.6) is 0 Å². The van der Waals surface area contributed by atoms with Gasteiger partial charge in [-0.1, -0.05) is 30.3 Å². The molecular formula is C20H21N3O6S. The first-order chi connectivity index (χ1) is 14.3. The second kappa shape index (κ2) is 9.14. The van der Waals surface area contributed by atoms with Gasteiger partial charge in [0.25, 0.3) is 5.69 Å². The number of non-ortho nitro benzene ring substituents is 1. The molecule has 1 amide bonds. The summed E-state index contributed by atoms with van der Waals surface area (Å²) < 4.78 is 27.1. The number of nitrogens with one attached hydrogen (secondary N) is 1. The number of carbonyl (C=O) groups excluding carboxylic acids is 2. The fourth-order valence-corrected chi connectivity index (χ4v) is 5.10. The van der Waals surface area contributed by atoms with Crippen molar-refractivity contribution in [3.05, 3.63) is 70.3 Å². The van der Waals surface area contributed by atoms with Crippen molar-refractivity contribution in [2.45, 2.75) is 36.2 Å². The van der Waals surface area contributed by atoms with E-state index in [-0.39, 0.29) is 17.1 Å². The summed E-state index contributed by atoms with van der Waals surface area (Å²) in [5.74, 6) is -0.536. The minimum atomic E-state index is -4.02. The Morgan fingerprint density at radius 1 is 1.20 bits per heavy atom. The number of sulfonamides is 1. The third-order valence-electron chi connectivity index (χ3n) is 4.95. The van der Waals surface area contributed by atoms with Crippen molar-refractivity contribution in [3.63, 3.8) is 0 Å². The molecule has 1 fully saturated rings. The fraction of sp³-hybridized carbons (Fsp3) is 0.300. The Labute approximate surface area is 173 Å². The maximum absolute atomic E-state index is 13.0. The molecule has 10 heteroatoms. The van der Waals surface area contributed by atoms with Crippen molar-refractivity contribution >= 4 is 27.9 Å². The lowest BCUT2D eigenvalue weighted by atomic mass is 10.1. The number of aldehydes is 1. The van der Waals surface area contributed by atoms with Gasteiger partial charge < -0.3 is 10.1 Å². The van der Waals surface area contributed by atoms with Gasteiger partial charge in [-0.2, -0.15) is 4.31 Å². The molecule has 2 atom stereocenters. The predicted octanol–water partition coefficient (Wildman–Crippen LogP) is 1.67. The highest BCUT2D eigenvalue weighted by Crippen LogP contribution is 2.27. The maximum Gasteiger partial charge on any atom is 0.269 e. The van der Waals surface area contributed by atoms with Crippen LogP contribution in [0.3, 0.4) is 0 Å². The molecule has 1 N–H and O–H groups in total. The molecule has 1 heterocycles. The van der Waals surface area contributed by atoms with E-state index >= 15 is 0 Å². The minimum absolute atomic E-state index is 0.121. The molecule has 0 radical (unpaired) electrons. The number of nitro benzene ring substituents is 1. The minimum Gasteiger partial charge on any atom is -0.345 e. The number of rotatable bonds is 8. The molecule has 0 spiro atoms. The summed E-state index contributed by atoms with van der Waals surface area (Å²) in [6.07, 6.45) is 1.76. The number of hydrogen-bond donors (Lipinski definition) is 1. The average Bonchev–Trinajstić information content (AvgIpc) is 3.25. The van der Waals surface area contributed by atoms with Crippen LogP contribution in [0.15, 0.2) is 59.5 Å². The summed E-state index contributed by atoms with van der Waals surface area (Å²) in [6, 6.07) is 12.0. The van der Waals surface area contributed by atoms with Crippen molar-refractivity contribution in [3.8, 4) is 0 Å². The molecule has 9 nitrogen and oxygen atoms in total. The lowest BCUT2D eigenvalue weighted by Gasteiger charge is -2.24. The average molecular weight is 431 g/mol. The van der Waals surface area contributed by atoms with Crippen LogP contribution in [0.1, 0.15) is 18.4 Å². The molecule has 158 valence electrons. The molecular weight excluding hydrogens is 410 g/mol. The van der Waals surface area contributed by atoms with Crippen LogP contribution in [0.25, 0.3) is 0 Å². The van der Waals surface area contributed by atoms with Gasteiger partial charge in [0.05, 0.1) is 15.9 Å². The van der Waals surface area contributed by atoms with E-state index in [1.807, 2.05) is 30.3 Å². The van der Waals surface area contributed by atoms with E-state index in [0.717, 1.165) is 34.1 Å². The van der Waals surface area contributed by atoms with Gasteiger partial charge in [-0.25, -0.2) is 8.42 Å². The van der Waals surface area contributed by atoms with Gasteiger partial charge in [0.1, 0.15) is 12.3 Å². The number of carbonyl (C=O) groups is 2. The molecule has 2 aromatic rings. The lowest BCUT2D eigenvalue weighted by molar-refractivity contribution is -0.384. The van der Waals surface area contributed by atoms with Crippen molar-refractivity contribution in [1.29, 1.82) is 0 Å². The fourth-order valence-electron chi connectivity index (χ4n) is 3.45. The molecule has 1 aliphatic rings. The summed E-state index contributed by atoms with van der Waals surface area (Å²) in [7, 11) is -4.02. The number of hydrogen-bond acceptors (Lipinski definition) is 6. The zero-order chi connectivity index (χ0) is 21.7. The van der Waals surface area contributed by atoms with Crippen LogP contribution in [0.4, 0.5) is 5.69 Å². The highest BCUT2D eigenvalue weighted by Gasteiger charge is 2.40. The van der Waals surface area contributed by atoms with Crippen LogP contribution >= 0.6 is 0 Å². The number of benzene rings is 2. The summed E-state index contributed by atoms with van der Waals surface area (Å²) in [6.45, 7) is 0.155. The van der Waals surface area contributed by atoms with Crippen molar-refractivity contribution in [2.75, 3.05) is 6.54 Å². The van der Waals surface area contributed by atoms with E-state index in [1.165, 1.54) is 0 Å². The first-order valence-electron chi connectivity index (χ1n) is 9.39. The molecule has 1 aliphatic heterocycles. The van der Waals surface area contributed by atoms with Gasteiger partial charge in [-0.05, 0) is 37.0 Å². The Bertz CT molecular complexity index is 1020. The van der Waals surface area contributed by atoms with Gasteiger partial charge >= 0.3 is 0 Å². The molecule has 0 saturated carbocycles. The number of amides is 1. The van der Waals surface area contributed by atoms with Crippen LogP contribution < -0.4 is 5.32 Å². The van der Waals surface area contributed by atoms with Crippen LogP contribution in [-0.2, 0) is 26.0 Å². The van der Waals surface area contributed by atoms with Crippen LogP contribution in [-0.4, -0.2) is 48.5 Å². The van der Waals surface area contributed by atoms with Gasteiger partial charge in [0.15, 0.2) is 0 Å². The van der Waals surface area contributed by atoms with Crippen molar-refractivity contribution < 1.29 is 22.9 Å². The van der Waals surface area contributed by atoms with Crippen molar-refractivity contribution in [2.24, 2.45) is 0 Å². The summed E-state index contributed by atoms with van der Waals surface area (Å²) in [4.78, 5) is 34.3. The molecule has 0 aliphatic carbocycles. The van der Waals surface area contributed by atoms with E-state index in [2.05, 4.69) is 5.32 Å². The second-order valence-corrected chi connectivity index (χ2v) is 8.86. The summed E-state index contributed by atoms with van der Waals surface area (Å²) in [5.41, 5.74) is 0.649. The molecule has 3 rings (SSSR count). The highest BCUT2D eigenvalue weighted by atomic mass is 32.2. The van der Waals surface area contributed by atoms with Gasteiger partial charge in [-0.15, -0.1) is 0 Å². The van der Waals surface area contributed by atoms with E-state index < -0.39 is 32.9 Å². The predicted molar refractivity (Wildman–Crippen MR) is 108 cm³/mol. The normalized spacial score (nSPS) is 17.9. The van der Waals surface area contributed by atoms with Gasteiger partial charge in [0.2, 0.25) is 15.9 Å². The van der Waals surface area contributed by atoms with E-state index in [0.29, 0.717) is 25.5 Å².